The van der Waals surface area contributed by atoms with E-state index >= 15 is 0 Å². The van der Waals surface area contributed by atoms with E-state index in [1.165, 1.54) is 12.1 Å². The second-order valence-corrected chi connectivity index (χ2v) is 9.40. The number of cyclic esters (lactones) is 4. The molecule has 0 saturated carbocycles. The van der Waals surface area contributed by atoms with Crippen LogP contribution in [0.5, 0.6) is 0 Å². The molecule has 2 aliphatic rings. The molecule has 4 aromatic rings. The predicted octanol–water partition coefficient (Wildman–Crippen LogP) is 7.35. The molecular weight excluding hydrogens is 570 g/mol. The van der Waals surface area contributed by atoms with Crippen molar-refractivity contribution in [2.24, 2.45) is 0 Å². The Morgan fingerprint density at radius 2 is 0.714 bits per heavy atom. The molecule has 6 rings (SSSR count). The highest BCUT2D eigenvalue weighted by Gasteiger charge is 2.36. The molecule has 42 heavy (non-hydrogen) atoms. The van der Waals surface area contributed by atoms with Gasteiger partial charge < -0.3 is 9.47 Å². The summed E-state index contributed by atoms with van der Waals surface area (Å²) < 4.78 is 90.9. The fraction of sp³-hybridized carbons (Fsp3) is 0.0667. The van der Waals surface area contributed by atoms with Crippen molar-refractivity contribution < 1.29 is 55.0 Å². The highest BCUT2D eigenvalue weighted by atomic mass is 19.4. The summed E-state index contributed by atoms with van der Waals surface area (Å²) in [5.41, 5.74) is -3.30. The average Bonchev–Trinajstić information content (AvgIpc) is 3.38. The number of fused-ring (bicyclic) bond motifs is 2. The second-order valence-electron chi connectivity index (χ2n) is 9.40. The normalized spacial score (nSPS) is 14.5. The van der Waals surface area contributed by atoms with E-state index in [1.54, 1.807) is 0 Å². The van der Waals surface area contributed by atoms with Gasteiger partial charge in [-0.1, -0.05) is 24.3 Å². The lowest BCUT2D eigenvalue weighted by Gasteiger charge is -2.18. The topological polar surface area (TPSA) is 86.7 Å². The minimum atomic E-state index is -4.75. The maximum absolute atomic E-state index is 13.6. The van der Waals surface area contributed by atoms with Crippen molar-refractivity contribution in [1.29, 1.82) is 0 Å². The van der Waals surface area contributed by atoms with E-state index in [9.17, 15) is 45.5 Å². The first-order chi connectivity index (χ1) is 19.7. The van der Waals surface area contributed by atoms with Crippen molar-refractivity contribution in [3.8, 4) is 33.4 Å². The van der Waals surface area contributed by atoms with E-state index in [-0.39, 0.29) is 55.6 Å². The molecule has 0 amide bonds. The van der Waals surface area contributed by atoms with Crippen molar-refractivity contribution >= 4 is 23.9 Å². The van der Waals surface area contributed by atoms with Gasteiger partial charge >= 0.3 is 36.2 Å². The van der Waals surface area contributed by atoms with Crippen molar-refractivity contribution in [2.75, 3.05) is 0 Å². The van der Waals surface area contributed by atoms with Crippen LogP contribution in [0.15, 0.2) is 72.8 Å². The van der Waals surface area contributed by atoms with Crippen LogP contribution in [0.4, 0.5) is 26.3 Å². The fourth-order valence-electron chi connectivity index (χ4n) is 4.91. The van der Waals surface area contributed by atoms with Crippen LogP contribution >= 0.6 is 0 Å². The van der Waals surface area contributed by atoms with E-state index in [0.29, 0.717) is 0 Å². The maximum atomic E-state index is 13.6. The summed E-state index contributed by atoms with van der Waals surface area (Å²) in [4.78, 5) is 49.6. The van der Waals surface area contributed by atoms with E-state index in [4.69, 9.17) is 0 Å². The molecule has 210 valence electrons. The summed E-state index contributed by atoms with van der Waals surface area (Å²) >= 11 is 0. The Morgan fingerprint density at radius 1 is 0.405 bits per heavy atom. The summed E-state index contributed by atoms with van der Waals surface area (Å²) in [6.07, 6.45) is -9.49. The van der Waals surface area contributed by atoms with Gasteiger partial charge in [-0.15, -0.1) is 0 Å². The molecule has 0 aromatic heterocycles. The van der Waals surface area contributed by atoms with E-state index < -0.39 is 47.4 Å². The zero-order chi connectivity index (χ0) is 30.1. The molecule has 0 spiro atoms. The Balaban J connectivity index is 1.70. The molecule has 0 saturated heterocycles. The third-order valence-electron chi connectivity index (χ3n) is 6.86. The zero-order valence-electron chi connectivity index (χ0n) is 20.6. The molecule has 0 fully saturated rings. The van der Waals surface area contributed by atoms with Crippen LogP contribution < -0.4 is 0 Å². The maximum Gasteiger partial charge on any atom is 0.416 e. The fourth-order valence-corrected chi connectivity index (χ4v) is 4.91. The van der Waals surface area contributed by atoms with Gasteiger partial charge in [0.1, 0.15) is 0 Å². The summed E-state index contributed by atoms with van der Waals surface area (Å²) in [7, 11) is 0. The van der Waals surface area contributed by atoms with E-state index in [1.807, 2.05) is 0 Å². The molecule has 0 atom stereocenters. The molecule has 4 aromatic carbocycles. The van der Waals surface area contributed by atoms with Crippen LogP contribution in [-0.2, 0) is 21.8 Å². The smallest absolute Gasteiger partial charge is 0.386 e. The number of carbonyl (C=O) groups is 4. The number of halogens is 6. The lowest BCUT2D eigenvalue weighted by molar-refractivity contribution is -0.138. The van der Waals surface area contributed by atoms with Crippen LogP contribution in [-0.4, -0.2) is 23.9 Å². The summed E-state index contributed by atoms with van der Waals surface area (Å²) in [5.74, 6) is -4.20. The first-order valence-corrected chi connectivity index (χ1v) is 12.0. The Hall–Kier alpha value is -5.26. The number of esters is 4. The molecule has 6 nitrogen and oxygen atoms in total. The minimum Gasteiger partial charge on any atom is -0.386 e. The van der Waals surface area contributed by atoms with Gasteiger partial charge in [0.05, 0.1) is 33.4 Å². The van der Waals surface area contributed by atoms with Gasteiger partial charge in [0.15, 0.2) is 0 Å². The second kappa shape index (κ2) is 9.13. The highest BCUT2D eigenvalue weighted by Crippen LogP contribution is 2.45. The molecular formula is C30H12F6O6. The lowest BCUT2D eigenvalue weighted by Crippen LogP contribution is -2.05. The van der Waals surface area contributed by atoms with E-state index in [0.717, 1.165) is 60.7 Å². The molecule has 0 N–H and O–H groups in total. The SMILES string of the molecule is O=C1OC(=O)c2cc(-c3cc4c(cc3-c3cccc(C(F)(F)F)c3)C(=O)OC4=O)c(-c3cccc(C(F)(F)F)c3)cc21. The lowest BCUT2D eigenvalue weighted by atomic mass is 9.84. The molecule has 0 bridgehead atoms. The van der Waals surface area contributed by atoms with Crippen LogP contribution in [0.25, 0.3) is 33.4 Å². The van der Waals surface area contributed by atoms with Crippen molar-refractivity contribution in [3.63, 3.8) is 0 Å². The van der Waals surface area contributed by atoms with Crippen molar-refractivity contribution in [2.45, 2.75) is 12.4 Å². The quantitative estimate of drug-likeness (QED) is 0.143. The zero-order valence-corrected chi connectivity index (χ0v) is 20.6. The summed E-state index contributed by atoms with van der Waals surface area (Å²) in [6, 6.07) is 12.6. The van der Waals surface area contributed by atoms with Gasteiger partial charge in [0, 0.05) is 0 Å². The predicted molar refractivity (Wildman–Crippen MR) is 132 cm³/mol. The van der Waals surface area contributed by atoms with Gasteiger partial charge in [-0.05, 0) is 81.9 Å². The molecule has 12 heteroatoms. The number of hydrogen-bond donors (Lipinski definition) is 0. The van der Waals surface area contributed by atoms with Crippen LogP contribution in [0, 0.1) is 0 Å². The number of alkyl halides is 6. The Morgan fingerprint density at radius 3 is 1.02 bits per heavy atom. The number of ether oxygens (including phenoxy) is 2. The van der Waals surface area contributed by atoms with Gasteiger partial charge in [0.2, 0.25) is 0 Å². The number of benzene rings is 4. The number of rotatable bonds is 3. The molecule has 2 heterocycles. The van der Waals surface area contributed by atoms with Crippen LogP contribution in [0.3, 0.4) is 0 Å². The Bertz CT molecular complexity index is 1750. The summed E-state index contributed by atoms with van der Waals surface area (Å²) in [5, 5.41) is 0. The Labute approximate surface area is 231 Å². The first kappa shape index (κ1) is 26.9. The number of carbonyl (C=O) groups excluding carboxylic acids is 4. The van der Waals surface area contributed by atoms with Crippen molar-refractivity contribution in [3.05, 3.63) is 106 Å². The van der Waals surface area contributed by atoms with Gasteiger partial charge in [0.25, 0.3) is 0 Å². The summed E-state index contributed by atoms with van der Waals surface area (Å²) in [6.45, 7) is 0. The van der Waals surface area contributed by atoms with Crippen LogP contribution in [0.1, 0.15) is 52.6 Å². The highest BCUT2D eigenvalue weighted by molar-refractivity contribution is 6.18. The molecule has 0 radical (unpaired) electrons. The monoisotopic (exact) mass is 582 g/mol. The largest absolute Gasteiger partial charge is 0.416 e. The van der Waals surface area contributed by atoms with Crippen molar-refractivity contribution in [1.82, 2.24) is 0 Å². The van der Waals surface area contributed by atoms with Gasteiger partial charge in [-0.25, -0.2) is 19.2 Å². The Kier molecular flexibility index (Phi) is 5.85. The standard InChI is InChI=1S/C30H12F6O6/c31-29(32,33)15-5-1-3-13(7-15)17-9-21-23(27(39)41-25(21)37)11-19(17)20-12-24-22(26(38)42-28(24)40)10-18(20)14-4-2-6-16(8-14)30(34,35)36/h1-12H. The van der Waals surface area contributed by atoms with Gasteiger partial charge in [-0.3, -0.25) is 0 Å². The average molecular weight is 582 g/mol. The molecule has 0 unspecified atom stereocenters. The third kappa shape index (κ3) is 4.41. The van der Waals surface area contributed by atoms with Gasteiger partial charge in [-0.2, -0.15) is 26.3 Å². The minimum absolute atomic E-state index is 0.0258. The molecule has 0 aliphatic carbocycles. The van der Waals surface area contributed by atoms with E-state index in [2.05, 4.69) is 9.47 Å². The third-order valence-corrected chi connectivity index (χ3v) is 6.86. The molecule has 2 aliphatic heterocycles. The van der Waals surface area contributed by atoms with Crippen LogP contribution in [0.2, 0.25) is 0 Å². The first-order valence-electron chi connectivity index (χ1n) is 12.0. The number of hydrogen-bond acceptors (Lipinski definition) is 6.